The zero-order valence-electron chi connectivity index (χ0n) is 15.3. The third-order valence-electron chi connectivity index (χ3n) is 4.86. The van der Waals surface area contributed by atoms with E-state index in [4.69, 9.17) is 23.7 Å². The number of aliphatic hydroxyl groups is 1. The van der Waals surface area contributed by atoms with Gasteiger partial charge in [-0.1, -0.05) is 48.5 Å². The largest absolute Gasteiger partial charge is 0.453 e. The van der Waals surface area contributed by atoms with Gasteiger partial charge >= 0.3 is 5.97 Å². The summed E-state index contributed by atoms with van der Waals surface area (Å²) < 4.78 is 28.4. The van der Waals surface area contributed by atoms with Gasteiger partial charge in [0, 0.05) is 12.7 Å². The molecule has 0 bridgehead atoms. The van der Waals surface area contributed by atoms with Crippen molar-refractivity contribution in [2.45, 2.75) is 37.0 Å². The van der Waals surface area contributed by atoms with Gasteiger partial charge in [0.2, 0.25) is 0 Å². The maximum Gasteiger partial charge on any atom is 0.338 e. The molecule has 1 unspecified atom stereocenters. The van der Waals surface area contributed by atoms with Crippen molar-refractivity contribution < 1.29 is 33.6 Å². The second-order valence-corrected chi connectivity index (χ2v) is 6.68. The first-order chi connectivity index (χ1) is 13.7. The minimum Gasteiger partial charge on any atom is -0.453 e. The fourth-order valence-electron chi connectivity index (χ4n) is 3.44. The topological polar surface area (TPSA) is 83.5 Å². The van der Waals surface area contributed by atoms with Crippen LogP contribution in [0.5, 0.6) is 0 Å². The summed E-state index contributed by atoms with van der Waals surface area (Å²) in [7, 11) is 1.42. The summed E-state index contributed by atoms with van der Waals surface area (Å²) in [4.78, 5) is 12.6. The lowest BCUT2D eigenvalue weighted by atomic mass is 9.97. The number of fused-ring (bicyclic) bond motifs is 1. The molecule has 0 aliphatic carbocycles. The lowest BCUT2D eigenvalue weighted by Gasteiger charge is -2.47. The summed E-state index contributed by atoms with van der Waals surface area (Å²) in [5.74, 6) is -0.550. The summed E-state index contributed by atoms with van der Waals surface area (Å²) >= 11 is 0. The van der Waals surface area contributed by atoms with Crippen molar-refractivity contribution in [2.75, 3.05) is 13.7 Å². The van der Waals surface area contributed by atoms with Crippen LogP contribution in [0, 0.1) is 0 Å². The SMILES string of the molecule is CO[C@H]1O[C@@H]2COC(c3ccccc3)O[C@H]2[C@@H](OC(=O)c2ccccc2)[C@@H]1O. The molecule has 0 spiro atoms. The van der Waals surface area contributed by atoms with Crippen LogP contribution in [0.4, 0.5) is 0 Å². The Balaban J connectivity index is 1.56. The van der Waals surface area contributed by atoms with Gasteiger partial charge < -0.3 is 28.8 Å². The molecule has 2 saturated heterocycles. The maximum atomic E-state index is 12.6. The van der Waals surface area contributed by atoms with Gasteiger partial charge in [0.15, 0.2) is 18.7 Å². The standard InChI is InChI=1S/C21H22O7/c1-24-21-16(22)18(27-19(23)13-8-4-2-5-9-13)17-15(26-21)12-25-20(28-17)14-10-6-3-7-11-14/h2-11,15-18,20-22H,12H2,1H3/t15-,16+,17-,18+,20?,21+/m1/s1. The van der Waals surface area contributed by atoms with Gasteiger partial charge in [0.1, 0.15) is 18.3 Å². The minimum absolute atomic E-state index is 0.218. The number of aliphatic hydroxyl groups excluding tert-OH is 1. The number of esters is 1. The van der Waals surface area contributed by atoms with E-state index in [1.165, 1.54) is 7.11 Å². The van der Waals surface area contributed by atoms with Crippen LogP contribution in [0.2, 0.25) is 0 Å². The summed E-state index contributed by atoms with van der Waals surface area (Å²) in [5.41, 5.74) is 1.22. The highest BCUT2D eigenvalue weighted by molar-refractivity contribution is 5.89. The van der Waals surface area contributed by atoms with Crippen molar-refractivity contribution >= 4 is 5.97 Å². The molecule has 2 fully saturated rings. The summed E-state index contributed by atoms with van der Waals surface area (Å²) in [6, 6.07) is 18.0. The number of benzene rings is 2. The van der Waals surface area contributed by atoms with Crippen LogP contribution in [0.3, 0.4) is 0 Å². The number of rotatable bonds is 4. The number of carbonyl (C=O) groups excluding carboxylic acids is 1. The normalized spacial score (nSPS) is 32.4. The third-order valence-corrected chi connectivity index (χ3v) is 4.86. The number of carbonyl (C=O) groups is 1. The van der Waals surface area contributed by atoms with Gasteiger partial charge in [-0.2, -0.15) is 0 Å². The third kappa shape index (κ3) is 3.80. The number of hydrogen-bond acceptors (Lipinski definition) is 7. The molecule has 28 heavy (non-hydrogen) atoms. The molecule has 4 rings (SSSR count). The molecule has 2 aromatic rings. The van der Waals surface area contributed by atoms with Crippen LogP contribution in [0.1, 0.15) is 22.2 Å². The molecule has 0 saturated carbocycles. The Bertz CT molecular complexity index is 782. The molecule has 2 aromatic carbocycles. The first-order valence-electron chi connectivity index (χ1n) is 9.11. The molecule has 2 aliphatic rings. The van der Waals surface area contributed by atoms with Gasteiger partial charge in [0.05, 0.1) is 12.2 Å². The average Bonchev–Trinajstić information content (AvgIpc) is 2.76. The highest BCUT2D eigenvalue weighted by Crippen LogP contribution is 2.35. The van der Waals surface area contributed by atoms with E-state index in [2.05, 4.69) is 0 Å². The van der Waals surface area contributed by atoms with Crippen molar-refractivity contribution in [1.29, 1.82) is 0 Å². The van der Waals surface area contributed by atoms with Gasteiger partial charge in [-0.15, -0.1) is 0 Å². The Labute approximate surface area is 162 Å². The molecule has 0 radical (unpaired) electrons. The van der Waals surface area contributed by atoms with Gasteiger partial charge in [0.25, 0.3) is 0 Å². The Morgan fingerprint density at radius 2 is 1.71 bits per heavy atom. The van der Waals surface area contributed by atoms with Gasteiger partial charge in [-0.3, -0.25) is 0 Å². The van der Waals surface area contributed by atoms with Crippen molar-refractivity contribution in [3.63, 3.8) is 0 Å². The van der Waals surface area contributed by atoms with Gasteiger partial charge in [-0.05, 0) is 12.1 Å². The fraction of sp³-hybridized carbons (Fsp3) is 0.381. The van der Waals surface area contributed by atoms with Gasteiger partial charge in [-0.25, -0.2) is 4.79 Å². The van der Waals surface area contributed by atoms with Crippen LogP contribution >= 0.6 is 0 Å². The zero-order valence-corrected chi connectivity index (χ0v) is 15.3. The van der Waals surface area contributed by atoms with Crippen LogP contribution < -0.4 is 0 Å². The first-order valence-corrected chi connectivity index (χ1v) is 9.11. The molecule has 7 nitrogen and oxygen atoms in total. The van der Waals surface area contributed by atoms with Crippen molar-refractivity contribution in [3.8, 4) is 0 Å². The minimum atomic E-state index is -1.20. The van der Waals surface area contributed by atoms with E-state index in [0.29, 0.717) is 5.56 Å². The van der Waals surface area contributed by atoms with Crippen LogP contribution in [-0.2, 0) is 23.7 Å². The van der Waals surface area contributed by atoms with Crippen LogP contribution in [-0.4, -0.2) is 55.5 Å². The van der Waals surface area contributed by atoms with Crippen molar-refractivity contribution in [2.24, 2.45) is 0 Å². The molecule has 2 heterocycles. The Morgan fingerprint density at radius 3 is 2.39 bits per heavy atom. The Kier molecular flexibility index (Phi) is 5.70. The summed E-state index contributed by atoms with van der Waals surface area (Å²) in [5, 5.41) is 10.7. The highest BCUT2D eigenvalue weighted by Gasteiger charge is 2.51. The first kappa shape index (κ1) is 19.0. The molecule has 2 aliphatic heterocycles. The van der Waals surface area contributed by atoms with E-state index in [9.17, 15) is 9.90 Å². The fourth-order valence-corrected chi connectivity index (χ4v) is 3.44. The molecule has 0 amide bonds. The van der Waals surface area contributed by atoms with Crippen molar-refractivity contribution in [1.82, 2.24) is 0 Å². The molecule has 148 valence electrons. The predicted octanol–water partition coefficient (Wildman–Crippen LogP) is 2.06. The monoisotopic (exact) mass is 386 g/mol. The average molecular weight is 386 g/mol. The number of methoxy groups -OCH3 is 1. The Hall–Kier alpha value is -2.29. The van der Waals surface area contributed by atoms with E-state index >= 15 is 0 Å². The van der Waals surface area contributed by atoms with Crippen LogP contribution in [0.25, 0.3) is 0 Å². The lowest BCUT2D eigenvalue weighted by molar-refractivity contribution is -0.357. The van der Waals surface area contributed by atoms with E-state index in [0.717, 1.165) is 5.56 Å². The quantitative estimate of drug-likeness (QED) is 0.806. The Morgan fingerprint density at radius 1 is 1.04 bits per heavy atom. The molecule has 6 atom stereocenters. The number of ether oxygens (including phenoxy) is 5. The summed E-state index contributed by atoms with van der Waals surface area (Å²) in [6.07, 6.45) is -5.00. The maximum absolute atomic E-state index is 12.6. The number of hydrogen-bond donors (Lipinski definition) is 1. The molecule has 1 N–H and O–H groups in total. The second-order valence-electron chi connectivity index (χ2n) is 6.68. The highest BCUT2D eigenvalue weighted by atomic mass is 16.8. The predicted molar refractivity (Wildman–Crippen MR) is 97.3 cm³/mol. The van der Waals surface area contributed by atoms with Crippen LogP contribution in [0.15, 0.2) is 60.7 Å². The van der Waals surface area contributed by atoms with E-state index in [1.54, 1.807) is 24.3 Å². The smallest absolute Gasteiger partial charge is 0.338 e. The van der Waals surface area contributed by atoms with E-state index in [1.807, 2.05) is 36.4 Å². The molecule has 0 aromatic heterocycles. The molecule has 7 heteroatoms. The van der Waals surface area contributed by atoms with E-state index < -0.39 is 43.0 Å². The second kappa shape index (κ2) is 8.38. The van der Waals surface area contributed by atoms with E-state index in [-0.39, 0.29) is 6.61 Å². The lowest BCUT2D eigenvalue weighted by Crippen LogP contribution is -2.63. The zero-order chi connectivity index (χ0) is 19.5. The molecular weight excluding hydrogens is 364 g/mol. The molecular formula is C21H22O7. The van der Waals surface area contributed by atoms with Crippen molar-refractivity contribution in [3.05, 3.63) is 71.8 Å². The summed E-state index contributed by atoms with van der Waals surface area (Å²) in [6.45, 7) is 0.218.